The highest BCUT2D eigenvalue weighted by molar-refractivity contribution is 7.80. The van der Waals surface area contributed by atoms with E-state index in [0.717, 1.165) is 11.3 Å². The zero-order valence-corrected chi connectivity index (χ0v) is 17.1. The van der Waals surface area contributed by atoms with Crippen LogP contribution in [-0.4, -0.2) is 16.0 Å². The molecule has 0 aliphatic carbocycles. The molecule has 5 nitrogen and oxygen atoms in total. The lowest BCUT2D eigenvalue weighted by Gasteiger charge is -2.18. The Balaban J connectivity index is 1.55. The van der Waals surface area contributed by atoms with Crippen LogP contribution >= 0.6 is 35.2 Å². The SMILES string of the molecule is CC(NC(=S)Nc1ccc(NC(=O)c2cscn2)cc1)c1ccc(F)c(Cl)c1. The van der Waals surface area contributed by atoms with Gasteiger partial charge in [-0.25, -0.2) is 9.37 Å². The molecule has 1 amide bonds. The Labute approximate surface area is 176 Å². The maximum atomic E-state index is 13.3. The van der Waals surface area contributed by atoms with Crippen molar-refractivity contribution < 1.29 is 9.18 Å². The summed E-state index contributed by atoms with van der Waals surface area (Å²) >= 11 is 12.5. The Morgan fingerprint density at radius 2 is 1.86 bits per heavy atom. The van der Waals surface area contributed by atoms with Crippen molar-refractivity contribution in [2.75, 3.05) is 10.6 Å². The molecule has 0 fully saturated rings. The van der Waals surface area contributed by atoms with Crippen LogP contribution < -0.4 is 16.0 Å². The van der Waals surface area contributed by atoms with Crippen LogP contribution in [0.2, 0.25) is 5.02 Å². The van der Waals surface area contributed by atoms with Crippen molar-refractivity contribution >= 4 is 57.5 Å². The molecule has 0 aliphatic rings. The summed E-state index contributed by atoms with van der Waals surface area (Å²) in [5.74, 6) is -0.716. The molecule has 2 aromatic carbocycles. The first kappa shape index (κ1) is 20.2. The zero-order valence-electron chi connectivity index (χ0n) is 14.7. The number of nitrogens with one attached hydrogen (secondary N) is 3. The Kier molecular flexibility index (Phi) is 6.56. The van der Waals surface area contributed by atoms with E-state index < -0.39 is 5.82 Å². The summed E-state index contributed by atoms with van der Waals surface area (Å²) in [5, 5.41) is 11.1. The molecule has 1 unspecified atom stereocenters. The molecule has 3 aromatic rings. The number of benzene rings is 2. The minimum atomic E-state index is -0.458. The van der Waals surface area contributed by atoms with Gasteiger partial charge in [0.05, 0.1) is 16.6 Å². The first-order valence-electron chi connectivity index (χ1n) is 8.24. The Bertz CT molecular complexity index is 980. The standard InChI is InChI=1S/C19H16ClFN4OS2/c1-11(12-2-7-16(21)15(20)8-12)23-19(27)25-14-5-3-13(4-6-14)24-18(26)17-9-28-10-22-17/h2-11H,1H3,(H,24,26)(H2,23,25,27). The summed E-state index contributed by atoms with van der Waals surface area (Å²) in [5.41, 5.74) is 4.21. The topological polar surface area (TPSA) is 66.0 Å². The molecule has 9 heteroatoms. The second-order valence-corrected chi connectivity index (χ2v) is 7.43. The highest BCUT2D eigenvalue weighted by atomic mass is 35.5. The van der Waals surface area contributed by atoms with E-state index in [9.17, 15) is 9.18 Å². The van der Waals surface area contributed by atoms with Gasteiger partial charge in [0.25, 0.3) is 5.91 Å². The van der Waals surface area contributed by atoms with Crippen molar-refractivity contribution in [1.82, 2.24) is 10.3 Å². The van der Waals surface area contributed by atoms with Gasteiger partial charge in [0, 0.05) is 16.8 Å². The largest absolute Gasteiger partial charge is 0.356 e. The van der Waals surface area contributed by atoms with Crippen LogP contribution in [0.15, 0.2) is 53.4 Å². The smallest absolute Gasteiger partial charge is 0.275 e. The van der Waals surface area contributed by atoms with Crippen molar-refractivity contribution in [3.05, 3.63) is 75.5 Å². The van der Waals surface area contributed by atoms with E-state index in [-0.39, 0.29) is 17.0 Å². The number of carbonyl (C=O) groups is 1. The van der Waals surface area contributed by atoms with Gasteiger partial charge in [-0.3, -0.25) is 4.79 Å². The molecule has 0 radical (unpaired) electrons. The number of amides is 1. The van der Waals surface area contributed by atoms with E-state index in [1.54, 1.807) is 47.3 Å². The number of thiazole rings is 1. The third-order valence-electron chi connectivity index (χ3n) is 3.86. The fourth-order valence-electron chi connectivity index (χ4n) is 2.39. The number of hydrogen-bond donors (Lipinski definition) is 3. The first-order chi connectivity index (χ1) is 13.4. The minimum Gasteiger partial charge on any atom is -0.356 e. The van der Waals surface area contributed by atoms with Crippen LogP contribution in [0.3, 0.4) is 0 Å². The molecule has 0 bridgehead atoms. The lowest BCUT2D eigenvalue weighted by atomic mass is 10.1. The summed E-state index contributed by atoms with van der Waals surface area (Å²) in [6.45, 7) is 1.90. The lowest BCUT2D eigenvalue weighted by molar-refractivity contribution is 0.102. The number of rotatable bonds is 5. The maximum absolute atomic E-state index is 13.3. The van der Waals surface area contributed by atoms with E-state index in [1.807, 2.05) is 6.92 Å². The van der Waals surface area contributed by atoms with E-state index in [1.165, 1.54) is 17.4 Å². The van der Waals surface area contributed by atoms with Crippen LogP contribution in [-0.2, 0) is 0 Å². The summed E-state index contributed by atoms with van der Waals surface area (Å²) in [6.07, 6.45) is 0. The van der Waals surface area contributed by atoms with Crippen LogP contribution in [0.5, 0.6) is 0 Å². The molecule has 0 aliphatic heterocycles. The van der Waals surface area contributed by atoms with Crippen molar-refractivity contribution in [3.63, 3.8) is 0 Å². The normalized spacial score (nSPS) is 11.5. The predicted octanol–water partition coefficient (Wildman–Crippen LogP) is 5.24. The van der Waals surface area contributed by atoms with Gasteiger partial charge in [-0.05, 0) is 61.1 Å². The molecular formula is C19H16ClFN4OS2. The van der Waals surface area contributed by atoms with Gasteiger partial charge in [0.15, 0.2) is 5.11 Å². The summed E-state index contributed by atoms with van der Waals surface area (Å²) < 4.78 is 13.3. The van der Waals surface area contributed by atoms with Gasteiger partial charge in [0.2, 0.25) is 0 Å². The quantitative estimate of drug-likeness (QED) is 0.479. The minimum absolute atomic E-state index is 0.0697. The molecule has 28 heavy (non-hydrogen) atoms. The van der Waals surface area contributed by atoms with E-state index in [4.69, 9.17) is 23.8 Å². The Morgan fingerprint density at radius 3 is 2.46 bits per heavy atom. The molecular weight excluding hydrogens is 419 g/mol. The molecule has 0 saturated heterocycles. The second-order valence-electron chi connectivity index (χ2n) is 5.90. The van der Waals surface area contributed by atoms with Crippen LogP contribution in [0, 0.1) is 5.82 Å². The molecule has 1 aromatic heterocycles. The zero-order chi connectivity index (χ0) is 20.1. The first-order valence-corrected chi connectivity index (χ1v) is 9.97. The average molecular weight is 435 g/mol. The van der Waals surface area contributed by atoms with Gasteiger partial charge in [-0.1, -0.05) is 17.7 Å². The molecule has 144 valence electrons. The van der Waals surface area contributed by atoms with E-state index >= 15 is 0 Å². The number of halogens is 2. The Morgan fingerprint density at radius 1 is 1.18 bits per heavy atom. The third kappa shape index (κ3) is 5.25. The second kappa shape index (κ2) is 9.09. The molecule has 1 atom stereocenters. The number of aromatic nitrogens is 1. The van der Waals surface area contributed by atoms with Crippen molar-refractivity contribution in [1.29, 1.82) is 0 Å². The van der Waals surface area contributed by atoms with Crippen LogP contribution in [0.25, 0.3) is 0 Å². The number of thiocarbonyl (C=S) groups is 1. The van der Waals surface area contributed by atoms with Gasteiger partial charge >= 0.3 is 0 Å². The highest BCUT2D eigenvalue weighted by Gasteiger charge is 2.10. The monoisotopic (exact) mass is 434 g/mol. The predicted molar refractivity (Wildman–Crippen MR) is 116 cm³/mol. The van der Waals surface area contributed by atoms with Gasteiger partial charge < -0.3 is 16.0 Å². The van der Waals surface area contributed by atoms with Crippen molar-refractivity contribution in [2.45, 2.75) is 13.0 Å². The van der Waals surface area contributed by atoms with Gasteiger partial charge in [-0.2, -0.15) is 0 Å². The van der Waals surface area contributed by atoms with Gasteiger partial charge in [0.1, 0.15) is 11.5 Å². The summed E-state index contributed by atoms with van der Waals surface area (Å²) in [6, 6.07) is 11.5. The molecule has 3 N–H and O–H groups in total. The summed E-state index contributed by atoms with van der Waals surface area (Å²) in [4.78, 5) is 16.0. The molecule has 0 saturated carbocycles. The summed E-state index contributed by atoms with van der Waals surface area (Å²) in [7, 11) is 0. The molecule has 3 rings (SSSR count). The Hall–Kier alpha value is -2.55. The highest BCUT2D eigenvalue weighted by Crippen LogP contribution is 2.21. The van der Waals surface area contributed by atoms with E-state index in [2.05, 4.69) is 20.9 Å². The van der Waals surface area contributed by atoms with Crippen molar-refractivity contribution in [2.24, 2.45) is 0 Å². The lowest BCUT2D eigenvalue weighted by Crippen LogP contribution is -2.30. The van der Waals surface area contributed by atoms with Gasteiger partial charge in [-0.15, -0.1) is 11.3 Å². The molecule has 0 spiro atoms. The third-order valence-corrected chi connectivity index (χ3v) is 4.95. The van der Waals surface area contributed by atoms with Crippen LogP contribution in [0.4, 0.5) is 15.8 Å². The fourth-order valence-corrected chi connectivity index (χ4v) is 3.40. The number of anilines is 2. The van der Waals surface area contributed by atoms with Crippen molar-refractivity contribution in [3.8, 4) is 0 Å². The van der Waals surface area contributed by atoms with Crippen LogP contribution in [0.1, 0.15) is 29.0 Å². The number of hydrogen-bond acceptors (Lipinski definition) is 4. The molecule has 1 heterocycles. The van der Waals surface area contributed by atoms with E-state index in [0.29, 0.717) is 16.5 Å². The number of carbonyl (C=O) groups excluding carboxylic acids is 1. The fraction of sp³-hybridized carbons (Fsp3) is 0.105. The average Bonchev–Trinajstić information content (AvgIpc) is 3.20. The number of nitrogens with zero attached hydrogens (tertiary/aromatic N) is 1. The maximum Gasteiger partial charge on any atom is 0.275 e.